The van der Waals surface area contributed by atoms with Crippen LogP contribution in [0.4, 0.5) is 0 Å². The summed E-state index contributed by atoms with van der Waals surface area (Å²) in [6, 6.07) is 12.9. The maximum atomic E-state index is 13.0. The number of aryl methyl sites for hydroxylation is 1. The molecule has 3 heterocycles. The summed E-state index contributed by atoms with van der Waals surface area (Å²) in [5.74, 6) is 0.167. The van der Waals surface area contributed by atoms with Gasteiger partial charge in [-0.15, -0.1) is 0 Å². The minimum absolute atomic E-state index is 0.00944. The molecule has 0 saturated carbocycles. The summed E-state index contributed by atoms with van der Waals surface area (Å²) < 4.78 is 12.7. The van der Waals surface area contributed by atoms with Crippen LogP contribution in [0.2, 0.25) is 0 Å². The largest absolute Gasteiger partial charge is 0.468 e. The highest BCUT2D eigenvalue weighted by atomic mass is 16.5. The lowest BCUT2D eigenvalue weighted by molar-refractivity contribution is 0.385. The Labute approximate surface area is 137 Å². The molecule has 2 aromatic heterocycles. The topological polar surface area (TPSA) is 94.2 Å². The van der Waals surface area contributed by atoms with Crippen LogP contribution in [-0.2, 0) is 7.05 Å². The number of aromatic nitrogens is 1. The van der Waals surface area contributed by atoms with Gasteiger partial charge in [-0.05, 0) is 24.3 Å². The predicted molar refractivity (Wildman–Crippen MR) is 87.2 cm³/mol. The SMILES string of the molecule is Cn1c(=O)c2c(c3ccccc31)OC(N)=C(C#N)[C@H]2c1ccco1. The van der Waals surface area contributed by atoms with Gasteiger partial charge in [0.1, 0.15) is 23.2 Å². The fourth-order valence-electron chi connectivity index (χ4n) is 3.17. The normalized spacial score (nSPS) is 16.6. The molecule has 0 amide bonds. The molecule has 0 unspecified atom stereocenters. The smallest absolute Gasteiger partial charge is 0.258 e. The van der Waals surface area contributed by atoms with E-state index >= 15 is 0 Å². The number of allylic oxidation sites excluding steroid dienone is 1. The van der Waals surface area contributed by atoms with Gasteiger partial charge in [0.05, 0.1) is 23.3 Å². The molecule has 0 saturated heterocycles. The predicted octanol–water partition coefficient (Wildman–Crippen LogP) is 2.35. The van der Waals surface area contributed by atoms with Crippen molar-refractivity contribution in [3.63, 3.8) is 0 Å². The van der Waals surface area contributed by atoms with Gasteiger partial charge in [-0.2, -0.15) is 5.26 Å². The number of fused-ring (bicyclic) bond motifs is 3. The molecular weight excluding hydrogens is 306 g/mol. The van der Waals surface area contributed by atoms with E-state index in [-0.39, 0.29) is 17.0 Å². The fraction of sp³-hybridized carbons (Fsp3) is 0.111. The number of para-hydroxylation sites is 1. The molecule has 0 fully saturated rings. The van der Waals surface area contributed by atoms with E-state index in [1.54, 1.807) is 23.7 Å². The van der Waals surface area contributed by atoms with Gasteiger partial charge in [0, 0.05) is 12.4 Å². The minimum Gasteiger partial charge on any atom is -0.468 e. The highest BCUT2D eigenvalue weighted by molar-refractivity contribution is 5.88. The van der Waals surface area contributed by atoms with Crippen LogP contribution in [0.3, 0.4) is 0 Å². The average Bonchev–Trinajstić information content (AvgIpc) is 3.13. The molecule has 6 heteroatoms. The van der Waals surface area contributed by atoms with E-state index < -0.39 is 5.92 Å². The second-order valence-corrected chi connectivity index (χ2v) is 5.56. The molecule has 0 spiro atoms. The molecule has 2 N–H and O–H groups in total. The second-order valence-electron chi connectivity index (χ2n) is 5.56. The van der Waals surface area contributed by atoms with Gasteiger partial charge >= 0.3 is 0 Å². The van der Waals surface area contributed by atoms with Gasteiger partial charge < -0.3 is 19.5 Å². The lowest BCUT2D eigenvalue weighted by atomic mass is 9.87. The van der Waals surface area contributed by atoms with E-state index in [4.69, 9.17) is 14.9 Å². The highest BCUT2D eigenvalue weighted by Gasteiger charge is 2.36. The Bertz CT molecular complexity index is 1090. The summed E-state index contributed by atoms with van der Waals surface area (Å²) in [6.07, 6.45) is 1.50. The van der Waals surface area contributed by atoms with Crippen molar-refractivity contribution in [2.24, 2.45) is 12.8 Å². The number of rotatable bonds is 1. The van der Waals surface area contributed by atoms with Crippen molar-refractivity contribution in [1.29, 1.82) is 5.26 Å². The number of nitrogens with two attached hydrogens (primary N) is 1. The number of nitriles is 1. The van der Waals surface area contributed by atoms with Crippen molar-refractivity contribution in [2.45, 2.75) is 5.92 Å². The fourth-order valence-corrected chi connectivity index (χ4v) is 3.17. The quantitative estimate of drug-likeness (QED) is 0.743. The Morgan fingerprint density at radius 2 is 2.04 bits per heavy atom. The van der Waals surface area contributed by atoms with E-state index in [0.717, 1.165) is 10.9 Å². The molecule has 0 bridgehead atoms. The van der Waals surface area contributed by atoms with Crippen LogP contribution in [0.15, 0.2) is 63.3 Å². The van der Waals surface area contributed by atoms with Crippen LogP contribution in [0, 0.1) is 11.3 Å². The zero-order valence-electron chi connectivity index (χ0n) is 12.8. The Morgan fingerprint density at radius 1 is 1.25 bits per heavy atom. The number of pyridine rings is 1. The van der Waals surface area contributed by atoms with Gasteiger partial charge in [-0.25, -0.2) is 0 Å². The first-order chi connectivity index (χ1) is 11.6. The van der Waals surface area contributed by atoms with E-state index in [9.17, 15) is 10.1 Å². The number of hydrogen-bond acceptors (Lipinski definition) is 5. The number of benzene rings is 1. The Hall–Kier alpha value is -3.46. The summed E-state index contributed by atoms with van der Waals surface area (Å²) in [5, 5.41) is 10.3. The number of nitrogens with zero attached hydrogens (tertiary/aromatic N) is 2. The zero-order valence-corrected chi connectivity index (χ0v) is 12.8. The molecule has 24 heavy (non-hydrogen) atoms. The second kappa shape index (κ2) is 5.03. The zero-order chi connectivity index (χ0) is 16.8. The summed E-state index contributed by atoms with van der Waals surface area (Å²) >= 11 is 0. The summed E-state index contributed by atoms with van der Waals surface area (Å²) in [4.78, 5) is 13.0. The van der Waals surface area contributed by atoms with E-state index in [0.29, 0.717) is 17.1 Å². The van der Waals surface area contributed by atoms with Crippen LogP contribution in [0.1, 0.15) is 17.2 Å². The van der Waals surface area contributed by atoms with Crippen molar-refractivity contribution >= 4 is 10.9 Å². The van der Waals surface area contributed by atoms with Crippen molar-refractivity contribution in [3.05, 3.63) is 75.8 Å². The third-order valence-electron chi connectivity index (χ3n) is 4.29. The molecule has 1 aliphatic heterocycles. The summed E-state index contributed by atoms with van der Waals surface area (Å²) in [7, 11) is 1.69. The van der Waals surface area contributed by atoms with Crippen molar-refractivity contribution in [1.82, 2.24) is 4.57 Å². The Balaban J connectivity index is 2.16. The first-order valence-electron chi connectivity index (χ1n) is 7.36. The molecule has 3 aromatic rings. The minimum atomic E-state index is -0.683. The first-order valence-corrected chi connectivity index (χ1v) is 7.36. The van der Waals surface area contributed by atoms with E-state index in [1.807, 2.05) is 30.3 Å². The molecule has 1 aliphatic rings. The highest BCUT2D eigenvalue weighted by Crippen LogP contribution is 2.43. The van der Waals surface area contributed by atoms with Crippen LogP contribution in [0.5, 0.6) is 5.75 Å². The number of hydrogen-bond donors (Lipinski definition) is 1. The lowest BCUT2D eigenvalue weighted by Gasteiger charge is -2.26. The average molecular weight is 319 g/mol. The summed E-state index contributed by atoms with van der Waals surface area (Å²) in [6.45, 7) is 0. The molecule has 0 radical (unpaired) electrons. The molecule has 6 nitrogen and oxygen atoms in total. The molecule has 0 aliphatic carbocycles. The van der Waals surface area contributed by atoms with E-state index in [2.05, 4.69) is 0 Å². The Kier molecular flexibility index (Phi) is 2.97. The monoisotopic (exact) mass is 319 g/mol. The van der Waals surface area contributed by atoms with Crippen molar-refractivity contribution in [3.8, 4) is 11.8 Å². The standard InChI is InChI=1S/C18H13N3O3/c1-21-12-6-3-2-5-10(12)16-15(18(21)22)14(13-7-4-8-23-13)11(9-19)17(20)24-16/h2-8,14H,20H2,1H3/t14-/m0/s1. The van der Waals surface area contributed by atoms with Crippen molar-refractivity contribution in [2.75, 3.05) is 0 Å². The molecule has 4 rings (SSSR count). The van der Waals surface area contributed by atoms with Gasteiger partial charge in [-0.1, -0.05) is 12.1 Å². The van der Waals surface area contributed by atoms with Crippen LogP contribution >= 0.6 is 0 Å². The third kappa shape index (κ3) is 1.78. The maximum absolute atomic E-state index is 13.0. The molecule has 118 valence electrons. The third-order valence-corrected chi connectivity index (χ3v) is 4.29. The lowest BCUT2D eigenvalue weighted by Crippen LogP contribution is -2.30. The van der Waals surface area contributed by atoms with Gasteiger partial charge in [0.25, 0.3) is 5.56 Å². The first kappa shape index (κ1) is 14.2. The Morgan fingerprint density at radius 3 is 2.75 bits per heavy atom. The van der Waals surface area contributed by atoms with Gasteiger partial charge in [0.15, 0.2) is 0 Å². The molecule has 1 atom stereocenters. The summed E-state index contributed by atoms with van der Waals surface area (Å²) in [5.41, 5.74) is 6.98. The van der Waals surface area contributed by atoms with Crippen LogP contribution in [-0.4, -0.2) is 4.57 Å². The van der Waals surface area contributed by atoms with E-state index in [1.165, 1.54) is 6.26 Å². The maximum Gasteiger partial charge on any atom is 0.258 e. The number of furan rings is 1. The van der Waals surface area contributed by atoms with Gasteiger partial charge in [-0.3, -0.25) is 4.79 Å². The van der Waals surface area contributed by atoms with Crippen LogP contribution in [0.25, 0.3) is 10.9 Å². The molecule has 1 aromatic carbocycles. The van der Waals surface area contributed by atoms with Gasteiger partial charge in [0.2, 0.25) is 5.88 Å². The number of ether oxygens (including phenoxy) is 1. The van der Waals surface area contributed by atoms with Crippen molar-refractivity contribution < 1.29 is 9.15 Å². The van der Waals surface area contributed by atoms with Crippen LogP contribution < -0.4 is 16.0 Å². The molecular formula is C18H13N3O3.